The monoisotopic (exact) mass is 263 g/mol. The second-order valence-corrected chi connectivity index (χ2v) is 5.33. The summed E-state index contributed by atoms with van der Waals surface area (Å²) in [6, 6.07) is 5.03. The second kappa shape index (κ2) is 6.02. The quantitative estimate of drug-likeness (QED) is 0.670. The maximum absolute atomic E-state index is 10.9. The first kappa shape index (κ1) is 13.8. The number of nitrogens with one attached hydrogen (secondary N) is 1. The summed E-state index contributed by atoms with van der Waals surface area (Å²) in [5.41, 5.74) is 2.15. The number of nitrogens with zero attached hydrogens (tertiary/aromatic N) is 2. The summed E-state index contributed by atoms with van der Waals surface area (Å²) in [6.07, 6.45) is 2.50. The number of likely N-dealkylation sites (tertiary alicyclic amines) is 1. The second-order valence-electron chi connectivity index (χ2n) is 5.33. The van der Waals surface area contributed by atoms with Gasteiger partial charge in [-0.25, -0.2) is 0 Å². The van der Waals surface area contributed by atoms with Crippen molar-refractivity contribution in [2.24, 2.45) is 5.92 Å². The molecule has 1 aromatic rings. The highest BCUT2D eigenvalue weighted by molar-refractivity contribution is 5.55. The normalized spacial score (nSPS) is 20.2. The third-order valence-electron chi connectivity index (χ3n) is 3.70. The van der Waals surface area contributed by atoms with Gasteiger partial charge in [-0.05, 0) is 36.9 Å². The third kappa shape index (κ3) is 3.44. The topological polar surface area (TPSA) is 58.4 Å². The van der Waals surface area contributed by atoms with Crippen molar-refractivity contribution in [3.8, 4) is 0 Å². The van der Waals surface area contributed by atoms with Crippen LogP contribution in [0.15, 0.2) is 18.2 Å². The van der Waals surface area contributed by atoms with Crippen LogP contribution in [0.4, 0.5) is 11.4 Å². The van der Waals surface area contributed by atoms with E-state index in [1.54, 1.807) is 18.2 Å². The SMILES string of the molecule is CNc1ccc([N+](=O)[O-])cc1CN1CCCC(C)C1. The molecule has 5 heteroatoms. The number of nitro groups is 1. The van der Waals surface area contributed by atoms with E-state index in [-0.39, 0.29) is 10.6 Å². The van der Waals surface area contributed by atoms with Gasteiger partial charge in [-0.2, -0.15) is 0 Å². The zero-order chi connectivity index (χ0) is 13.8. The smallest absolute Gasteiger partial charge is 0.269 e. The van der Waals surface area contributed by atoms with Gasteiger partial charge in [-0.3, -0.25) is 15.0 Å². The molecule has 1 aromatic carbocycles. The van der Waals surface area contributed by atoms with Crippen LogP contribution in [0.5, 0.6) is 0 Å². The van der Waals surface area contributed by atoms with Crippen LogP contribution in [-0.4, -0.2) is 30.0 Å². The highest BCUT2D eigenvalue weighted by Crippen LogP contribution is 2.25. The van der Waals surface area contributed by atoms with E-state index in [1.807, 2.05) is 7.05 Å². The number of benzene rings is 1. The number of nitro benzene ring substituents is 1. The van der Waals surface area contributed by atoms with Crippen LogP contribution >= 0.6 is 0 Å². The fraction of sp³-hybridized carbons (Fsp3) is 0.571. The summed E-state index contributed by atoms with van der Waals surface area (Å²) in [4.78, 5) is 12.9. The molecule has 1 saturated heterocycles. The van der Waals surface area contributed by atoms with E-state index in [2.05, 4.69) is 17.1 Å². The molecule has 2 rings (SSSR count). The molecule has 1 atom stereocenters. The maximum Gasteiger partial charge on any atom is 0.269 e. The zero-order valence-electron chi connectivity index (χ0n) is 11.6. The lowest BCUT2D eigenvalue weighted by Crippen LogP contribution is -2.33. The van der Waals surface area contributed by atoms with Crippen LogP contribution < -0.4 is 5.32 Å². The Kier molecular flexibility index (Phi) is 4.37. The molecule has 104 valence electrons. The Morgan fingerprint density at radius 2 is 2.32 bits per heavy atom. The third-order valence-corrected chi connectivity index (χ3v) is 3.70. The number of hydrogen-bond acceptors (Lipinski definition) is 4. The molecule has 0 amide bonds. The summed E-state index contributed by atoms with van der Waals surface area (Å²) < 4.78 is 0. The lowest BCUT2D eigenvalue weighted by Gasteiger charge is -2.31. The van der Waals surface area contributed by atoms with Crippen molar-refractivity contribution in [3.63, 3.8) is 0 Å². The molecule has 1 aliphatic rings. The lowest BCUT2D eigenvalue weighted by molar-refractivity contribution is -0.384. The van der Waals surface area contributed by atoms with Crippen molar-refractivity contribution in [1.82, 2.24) is 4.90 Å². The van der Waals surface area contributed by atoms with E-state index >= 15 is 0 Å². The van der Waals surface area contributed by atoms with Crippen molar-refractivity contribution in [2.75, 3.05) is 25.5 Å². The van der Waals surface area contributed by atoms with E-state index in [1.165, 1.54) is 12.8 Å². The molecule has 1 fully saturated rings. The fourth-order valence-corrected chi connectivity index (χ4v) is 2.74. The predicted octanol–water partition coefficient (Wildman–Crippen LogP) is 2.87. The van der Waals surface area contributed by atoms with Crippen molar-refractivity contribution in [2.45, 2.75) is 26.3 Å². The Hall–Kier alpha value is -1.62. The molecule has 19 heavy (non-hydrogen) atoms. The van der Waals surface area contributed by atoms with Crippen molar-refractivity contribution in [1.29, 1.82) is 0 Å². The molecular formula is C14H21N3O2. The summed E-state index contributed by atoms with van der Waals surface area (Å²) in [7, 11) is 1.85. The van der Waals surface area contributed by atoms with Gasteiger partial charge in [0.15, 0.2) is 0 Å². The Morgan fingerprint density at radius 1 is 1.53 bits per heavy atom. The summed E-state index contributed by atoms with van der Waals surface area (Å²) in [5, 5.41) is 14.0. The first-order valence-electron chi connectivity index (χ1n) is 6.77. The molecule has 0 spiro atoms. The summed E-state index contributed by atoms with van der Waals surface area (Å²) in [5.74, 6) is 0.713. The standard InChI is InChI=1S/C14H21N3O2/c1-11-4-3-7-16(9-11)10-12-8-13(17(18)19)5-6-14(12)15-2/h5-6,8,11,15H,3-4,7,9-10H2,1-2H3. The van der Waals surface area contributed by atoms with Crippen molar-refractivity contribution in [3.05, 3.63) is 33.9 Å². The largest absolute Gasteiger partial charge is 0.388 e. The van der Waals surface area contributed by atoms with E-state index in [9.17, 15) is 10.1 Å². The number of anilines is 1. The van der Waals surface area contributed by atoms with Gasteiger partial charge < -0.3 is 5.32 Å². The van der Waals surface area contributed by atoms with Crippen LogP contribution in [0.3, 0.4) is 0 Å². The average molecular weight is 263 g/mol. The van der Waals surface area contributed by atoms with Crippen LogP contribution in [0.1, 0.15) is 25.3 Å². The van der Waals surface area contributed by atoms with Gasteiger partial charge >= 0.3 is 0 Å². The van der Waals surface area contributed by atoms with Gasteiger partial charge in [-0.1, -0.05) is 6.92 Å². The zero-order valence-corrected chi connectivity index (χ0v) is 11.6. The fourth-order valence-electron chi connectivity index (χ4n) is 2.74. The summed E-state index contributed by atoms with van der Waals surface area (Å²) >= 11 is 0. The molecule has 5 nitrogen and oxygen atoms in total. The molecule has 0 radical (unpaired) electrons. The molecule has 1 heterocycles. The van der Waals surface area contributed by atoms with Crippen molar-refractivity contribution < 1.29 is 4.92 Å². The number of non-ortho nitro benzene ring substituents is 1. The van der Waals surface area contributed by atoms with E-state index in [0.29, 0.717) is 5.92 Å². The van der Waals surface area contributed by atoms with E-state index in [4.69, 9.17) is 0 Å². The lowest BCUT2D eigenvalue weighted by atomic mass is 9.99. The Balaban J connectivity index is 2.17. The van der Waals surface area contributed by atoms with E-state index < -0.39 is 0 Å². The van der Waals surface area contributed by atoms with Gasteiger partial charge in [0.25, 0.3) is 5.69 Å². The minimum atomic E-state index is -0.332. The van der Waals surface area contributed by atoms with Gasteiger partial charge in [0.2, 0.25) is 0 Å². The summed E-state index contributed by atoms with van der Waals surface area (Å²) in [6.45, 7) is 5.20. The molecule has 0 aliphatic carbocycles. The average Bonchev–Trinajstić information content (AvgIpc) is 2.38. The van der Waals surface area contributed by atoms with Crippen molar-refractivity contribution >= 4 is 11.4 Å². The minimum Gasteiger partial charge on any atom is -0.388 e. The Morgan fingerprint density at radius 3 is 2.95 bits per heavy atom. The number of rotatable bonds is 4. The maximum atomic E-state index is 10.9. The van der Waals surface area contributed by atoms with Crippen LogP contribution in [0, 0.1) is 16.0 Å². The molecule has 0 aromatic heterocycles. The minimum absolute atomic E-state index is 0.166. The molecular weight excluding hydrogens is 242 g/mol. The Labute approximate surface area is 113 Å². The predicted molar refractivity (Wildman–Crippen MR) is 76.3 cm³/mol. The highest BCUT2D eigenvalue weighted by atomic mass is 16.6. The van der Waals surface area contributed by atoms with Gasteiger partial charge in [0, 0.05) is 38.0 Å². The molecule has 0 bridgehead atoms. The Bertz CT molecular complexity index is 462. The molecule has 1 aliphatic heterocycles. The number of piperidine rings is 1. The van der Waals surface area contributed by atoms with E-state index in [0.717, 1.165) is 30.9 Å². The van der Waals surface area contributed by atoms with Crippen LogP contribution in [-0.2, 0) is 6.54 Å². The van der Waals surface area contributed by atoms with Gasteiger partial charge in [0.1, 0.15) is 0 Å². The van der Waals surface area contributed by atoms with Gasteiger partial charge in [0.05, 0.1) is 4.92 Å². The van der Waals surface area contributed by atoms with Gasteiger partial charge in [-0.15, -0.1) is 0 Å². The van der Waals surface area contributed by atoms with Crippen LogP contribution in [0.25, 0.3) is 0 Å². The number of hydrogen-bond donors (Lipinski definition) is 1. The molecule has 1 unspecified atom stereocenters. The van der Waals surface area contributed by atoms with Crippen LogP contribution in [0.2, 0.25) is 0 Å². The molecule has 1 N–H and O–H groups in total. The first-order valence-corrected chi connectivity index (χ1v) is 6.77. The molecule has 0 saturated carbocycles. The first-order chi connectivity index (χ1) is 9.10. The highest BCUT2D eigenvalue weighted by Gasteiger charge is 2.18.